The van der Waals surface area contributed by atoms with E-state index in [1.807, 2.05) is 0 Å². The van der Waals surface area contributed by atoms with Crippen molar-refractivity contribution in [2.45, 2.75) is 57.0 Å². The van der Waals surface area contributed by atoms with Crippen LogP contribution in [0.2, 0.25) is 0 Å². The van der Waals surface area contributed by atoms with Gasteiger partial charge in [0, 0.05) is 38.1 Å². The zero-order chi connectivity index (χ0) is 19.4. The minimum absolute atomic E-state index is 0.0833. The maximum Gasteiger partial charge on any atom is 0.224 e. The Bertz CT molecular complexity index is 672. The fraction of sp³-hybridized carbons (Fsp3) is 0.696. The molecular formula is C23H36N4O. The number of nitrogens with zero attached hydrogens (tertiary/aromatic N) is 2. The molecule has 3 aliphatic heterocycles. The molecule has 3 aliphatic rings. The molecule has 5 heteroatoms. The van der Waals surface area contributed by atoms with Crippen LogP contribution in [0.4, 0.5) is 0 Å². The highest BCUT2D eigenvalue weighted by Gasteiger charge is 2.43. The summed E-state index contributed by atoms with van der Waals surface area (Å²) in [5.74, 6) is 0.994. The topological polar surface area (TPSA) is 61.6 Å². The molecule has 1 amide bonds. The molecule has 0 bridgehead atoms. The molecule has 0 aliphatic carbocycles. The number of likely N-dealkylation sites (tertiary alicyclic amines) is 1. The summed E-state index contributed by atoms with van der Waals surface area (Å²) in [5, 5.41) is 3.50. The van der Waals surface area contributed by atoms with E-state index in [0.29, 0.717) is 13.0 Å². The van der Waals surface area contributed by atoms with Crippen molar-refractivity contribution in [2.24, 2.45) is 11.7 Å². The Hall–Kier alpha value is -1.43. The Labute approximate surface area is 169 Å². The number of fused-ring (bicyclic) bond motifs is 1. The van der Waals surface area contributed by atoms with Gasteiger partial charge in [-0.05, 0) is 68.8 Å². The molecule has 1 atom stereocenters. The van der Waals surface area contributed by atoms with Crippen molar-refractivity contribution in [3.05, 3.63) is 35.4 Å². The first-order chi connectivity index (χ1) is 13.7. The number of hydrogen-bond donors (Lipinski definition) is 2. The van der Waals surface area contributed by atoms with E-state index in [4.69, 9.17) is 5.73 Å². The lowest BCUT2D eigenvalue weighted by molar-refractivity contribution is -0.134. The number of carbonyl (C=O) groups excluding carboxylic acids is 1. The fourth-order valence-corrected chi connectivity index (χ4v) is 5.56. The summed E-state index contributed by atoms with van der Waals surface area (Å²) in [6.45, 7) is 6.67. The fourth-order valence-electron chi connectivity index (χ4n) is 5.56. The van der Waals surface area contributed by atoms with E-state index < -0.39 is 0 Å². The smallest absolute Gasteiger partial charge is 0.224 e. The highest BCUT2D eigenvalue weighted by atomic mass is 16.2. The second-order valence-electron chi connectivity index (χ2n) is 9.05. The molecule has 28 heavy (non-hydrogen) atoms. The average Bonchev–Trinajstić information content (AvgIpc) is 2.88. The van der Waals surface area contributed by atoms with Gasteiger partial charge < -0.3 is 16.0 Å². The highest BCUT2D eigenvalue weighted by molar-refractivity contribution is 5.76. The molecule has 5 nitrogen and oxygen atoms in total. The van der Waals surface area contributed by atoms with Crippen LogP contribution < -0.4 is 11.1 Å². The van der Waals surface area contributed by atoms with E-state index in [1.54, 1.807) is 0 Å². The van der Waals surface area contributed by atoms with Gasteiger partial charge in [0.1, 0.15) is 0 Å². The molecule has 0 radical (unpaired) electrons. The van der Waals surface area contributed by atoms with Crippen LogP contribution in [0.5, 0.6) is 0 Å². The molecular weight excluding hydrogens is 348 g/mol. The summed E-state index contributed by atoms with van der Waals surface area (Å²) < 4.78 is 0. The highest BCUT2D eigenvalue weighted by Crippen LogP contribution is 2.37. The molecule has 2 fully saturated rings. The number of amides is 1. The van der Waals surface area contributed by atoms with Crippen LogP contribution in [-0.4, -0.2) is 60.5 Å². The summed E-state index contributed by atoms with van der Waals surface area (Å²) in [5.41, 5.74) is 8.56. The van der Waals surface area contributed by atoms with Gasteiger partial charge in [0.25, 0.3) is 0 Å². The molecule has 0 saturated carbocycles. The van der Waals surface area contributed by atoms with Gasteiger partial charge >= 0.3 is 0 Å². The van der Waals surface area contributed by atoms with Crippen molar-refractivity contribution in [3.8, 4) is 0 Å². The third kappa shape index (κ3) is 4.27. The molecule has 1 aromatic carbocycles. The zero-order valence-electron chi connectivity index (χ0n) is 17.2. The van der Waals surface area contributed by atoms with Gasteiger partial charge in [0.2, 0.25) is 5.91 Å². The lowest BCUT2D eigenvalue weighted by Crippen LogP contribution is -2.60. The molecule has 4 rings (SSSR count). The molecule has 154 valence electrons. The Morgan fingerprint density at radius 2 is 1.96 bits per heavy atom. The van der Waals surface area contributed by atoms with Crippen LogP contribution in [0.15, 0.2) is 24.3 Å². The molecule has 1 unspecified atom stereocenters. The first-order valence-corrected chi connectivity index (χ1v) is 11.2. The third-order valence-electron chi connectivity index (χ3n) is 7.12. The number of rotatable bonds is 4. The minimum Gasteiger partial charge on any atom is -0.336 e. The van der Waals surface area contributed by atoms with E-state index in [0.717, 1.165) is 38.5 Å². The molecule has 1 aromatic rings. The van der Waals surface area contributed by atoms with E-state index in [-0.39, 0.29) is 11.4 Å². The van der Waals surface area contributed by atoms with Crippen molar-refractivity contribution in [1.29, 1.82) is 0 Å². The summed E-state index contributed by atoms with van der Waals surface area (Å²) in [7, 11) is 0. The van der Waals surface area contributed by atoms with Gasteiger partial charge in [-0.25, -0.2) is 0 Å². The standard InChI is InChI=1S/C23H36N4O/c24-11-7-22(28)26-17-21-6-2-1-5-20(21)15-23(18-26)10-3-4-14-27(23)16-19-8-12-25-13-9-19/h1-2,5-6,19,25H,3-4,7-18,24H2. The van der Waals surface area contributed by atoms with Crippen LogP contribution in [0.3, 0.4) is 0 Å². The summed E-state index contributed by atoms with van der Waals surface area (Å²) in [6.07, 6.45) is 7.82. The predicted molar refractivity (Wildman–Crippen MR) is 113 cm³/mol. The number of nitrogens with two attached hydrogens (primary N) is 1. The lowest BCUT2D eigenvalue weighted by atomic mass is 9.79. The maximum atomic E-state index is 12.9. The van der Waals surface area contributed by atoms with Crippen LogP contribution >= 0.6 is 0 Å². The molecule has 2 saturated heterocycles. The first kappa shape index (κ1) is 19.9. The number of nitrogens with one attached hydrogen (secondary N) is 1. The summed E-state index contributed by atoms with van der Waals surface area (Å²) in [4.78, 5) is 17.8. The van der Waals surface area contributed by atoms with Crippen LogP contribution in [-0.2, 0) is 17.8 Å². The average molecular weight is 385 g/mol. The Balaban J connectivity index is 1.63. The van der Waals surface area contributed by atoms with Crippen LogP contribution in [0, 0.1) is 5.92 Å². The zero-order valence-corrected chi connectivity index (χ0v) is 17.2. The van der Waals surface area contributed by atoms with Crippen molar-refractivity contribution in [3.63, 3.8) is 0 Å². The van der Waals surface area contributed by atoms with Crippen LogP contribution in [0.25, 0.3) is 0 Å². The third-order valence-corrected chi connectivity index (χ3v) is 7.12. The molecule has 3 N–H and O–H groups in total. The van der Waals surface area contributed by atoms with E-state index in [1.165, 1.54) is 56.3 Å². The van der Waals surface area contributed by atoms with Crippen molar-refractivity contribution in [2.75, 3.05) is 39.3 Å². The first-order valence-electron chi connectivity index (χ1n) is 11.2. The molecule has 1 spiro atoms. The number of carbonyl (C=O) groups is 1. The van der Waals surface area contributed by atoms with Crippen molar-refractivity contribution < 1.29 is 4.79 Å². The summed E-state index contributed by atoms with van der Waals surface area (Å²) in [6, 6.07) is 8.75. The maximum absolute atomic E-state index is 12.9. The van der Waals surface area contributed by atoms with E-state index in [2.05, 4.69) is 39.4 Å². The van der Waals surface area contributed by atoms with Gasteiger partial charge in [-0.2, -0.15) is 0 Å². The second-order valence-corrected chi connectivity index (χ2v) is 9.05. The quantitative estimate of drug-likeness (QED) is 0.835. The number of hydrogen-bond acceptors (Lipinski definition) is 4. The lowest BCUT2D eigenvalue weighted by Gasteiger charge is -2.50. The minimum atomic E-state index is 0.0833. The van der Waals surface area contributed by atoms with Gasteiger partial charge in [0.15, 0.2) is 0 Å². The van der Waals surface area contributed by atoms with E-state index in [9.17, 15) is 4.79 Å². The summed E-state index contributed by atoms with van der Waals surface area (Å²) >= 11 is 0. The van der Waals surface area contributed by atoms with Crippen molar-refractivity contribution >= 4 is 5.91 Å². The Morgan fingerprint density at radius 1 is 1.18 bits per heavy atom. The SMILES string of the molecule is NCCC(=O)N1Cc2ccccc2CC2(CCCCN2CC2CCNCC2)C1. The number of benzene rings is 1. The number of piperidine rings is 2. The second kappa shape index (κ2) is 8.93. The largest absolute Gasteiger partial charge is 0.336 e. The van der Waals surface area contributed by atoms with Gasteiger partial charge in [-0.3, -0.25) is 9.69 Å². The monoisotopic (exact) mass is 384 g/mol. The van der Waals surface area contributed by atoms with Gasteiger partial charge in [-0.15, -0.1) is 0 Å². The van der Waals surface area contributed by atoms with Gasteiger partial charge in [-0.1, -0.05) is 30.7 Å². The molecule has 3 heterocycles. The van der Waals surface area contributed by atoms with Gasteiger partial charge in [0.05, 0.1) is 0 Å². The Morgan fingerprint density at radius 3 is 2.75 bits per heavy atom. The van der Waals surface area contributed by atoms with Crippen molar-refractivity contribution in [1.82, 2.24) is 15.1 Å². The van der Waals surface area contributed by atoms with E-state index >= 15 is 0 Å². The van der Waals surface area contributed by atoms with Crippen LogP contribution in [0.1, 0.15) is 49.7 Å². The predicted octanol–water partition coefficient (Wildman–Crippen LogP) is 2.14. The molecule has 0 aromatic heterocycles. The normalized spacial score (nSPS) is 26.8. The Kier molecular flexibility index (Phi) is 6.34.